The van der Waals surface area contributed by atoms with Gasteiger partial charge in [-0.3, -0.25) is 4.90 Å². The van der Waals surface area contributed by atoms with Crippen LogP contribution >= 0.6 is 0 Å². The van der Waals surface area contributed by atoms with Gasteiger partial charge in [0.25, 0.3) is 0 Å². The van der Waals surface area contributed by atoms with Crippen molar-refractivity contribution in [3.63, 3.8) is 0 Å². The molecule has 0 atom stereocenters. The Morgan fingerprint density at radius 1 is 1.20 bits per heavy atom. The van der Waals surface area contributed by atoms with Crippen molar-refractivity contribution in [2.75, 3.05) is 25.0 Å². The molecule has 110 valence electrons. The van der Waals surface area contributed by atoms with E-state index in [1.54, 1.807) is 0 Å². The van der Waals surface area contributed by atoms with Crippen LogP contribution in [-0.4, -0.2) is 40.3 Å². The first kappa shape index (κ1) is 13.4. The molecular formula is C14H23N5O. The van der Waals surface area contributed by atoms with Gasteiger partial charge in [0.1, 0.15) is 5.82 Å². The highest BCUT2D eigenvalue weighted by Crippen LogP contribution is 2.26. The Morgan fingerprint density at radius 3 is 2.75 bits per heavy atom. The molecule has 0 bridgehead atoms. The van der Waals surface area contributed by atoms with E-state index in [1.807, 2.05) is 0 Å². The van der Waals surface area contributed by atoms with Crippen molar-refractivity contribution < 1.29 is 4.79 Å². The lowest BCUT2D eigenvalue weighted by molar-refractivity contribution is 0.217. The van der Waals surface area contributed by atoms with E-state index in [2.05, 4.69) is 15.3 Å². The summed E-state index contributed by atoms with van der Waals surface area (Å²) in [5.41, 5.74) is 7.65. The summed E-state index contributed by atoms with van der Waals surface area (Å²) < 4.78 is 1.35. The van der Waals surface area contributed by atoms with Gasteiger partial charge in [0.2, 0.25) is 0 Å². The zero-order valence-corrected chi connectivity index (χ0v) is 11.9. The minimum absolute atomic E-state index is 0.499. The summed E-state index contributed by atoms with van der Waals surface area (Å²) in [5.74, 6) is 0.821. The molecule has 0 aromatic carbocycles. The topological polar surface area (TPSA) is 76.2 Å². The molecule has 1 amide bonds. The van der Waals surface area contributed by atoms with Gasteiger partial charge in [0, 0.05) is 18.7 Å². The molecule has 3 heterocycles. The average molecular weight is 277 g/mol. The predicted molar refractivity (Wildman–Crippen MR) is 77.8 cm³/mol. The van der Waals surface area contributed by atoms with Gasteiger partial charge in [-0.25, -0.2) is 4.79 Å². The Balaban J connectivity index is 1.87. The fraction of sp³-hybridized carbons (Fsp3) is 0.714. The molecule has 0 radical (unpaired) electrons. The maximum Gasteiger partial charge on any atom is 0.341 e. The predicted octanol–water partition coefficient (Wildman–Crippen LogP) is 1.54. The molecule has 1 fully saturated rings. The van der Waals surface area contributed by atoms with E-state index in [9.17, 15) is 4.79 Å². The average Bonchev–Trinajstić information content (AvgIpc) is 2.63. The SMILES string of the molecule is NC(=O)n1nc(CN2CCCCC2)c2c1NCCCC2. The summed E-state index contributed by atoms with van der Waals surface area (Å²) >= 11 is 0. The number of primary amides is 1. The van der Waals surface area contributed by atoms with Crippen molar-refractivity contribution in [3.05, 3.63) is 11.3 Å². The molecule has 0 saturated carbocycles. The number of hydrogen-bond acceptors (Lipinski definition) is 4. The highest BCUT2D eigenvalue weighted by atomic mass is 16.2. The zero-order valence-electron chi connectivity index (χ0n) is 11.9. The Kier molecular flexibility index (Phi) is 3.91. The summed E-state index contributed by atoms with van der Waals surface area (Å²) in [6.45, 7) is 3.98. The molecule has 0 spiro atoms. The number of nitrogens with one attached hydrogen (secondary N) is 1. The number of aromatic nitrogens is 2. The van der Waals surface area contributed by atoms with Crippen LogP contribution in [0.1, 0.15) is 43.4 Å². The van der Waals surface area contributed by atoms with Crippen molar-refractivity contribution in [2.24, 2.45) is 5.73 Å². The number of anilines is 1. The van der Waals surface area contributed by atoms with E-state index in [0.29, 0.717) is 0 Å². The third-order valence-corrected chi connectivity index (χ3v) is 4.24. The molecule has 1 saturated heterocycles. The van der Waals surface area contributed by atoms with Crippen LogP contribution in [0.25, 0.3) is 0 Å². The normalized spacial score (nSPS) is 20.0. The quantitative estimate of drug-likeness (QED) is 0.860. The number of likely N-dealkylation sites (tertiary alicyclic amines) is 1. The van der Waals surface area contributed by atoms with Gasteiger partial charge < -0.3 is 11.1 Å². The standard InChI is InChI=1S/C14H23N5O/c15-14(20)19-13-11(6-2-3-7-16-13)12(17-19)10-18-8-4-1-5-9-18/h16H,1-10H2,(H2,15,20). The fourth-order valence-corrected chi connectivity index (χ4v) is 3.19. The van der Waals surface area contributed by atoms with Crippen LogP contribution in [0, 0.1) is 0 Å². The van der Waals surface area contributed by atoms with E-state index < -0.39 is 6.03 Å². The lowest BCUT2D eigenvalue weighted by Gasteiger charge is -2.25. The summed E-state index contributed by atoms with van der Waals surface area (Å²) in [5, 5.41) is 7.78. The molecule has 3 N–H and O–H groups in total. The van der Waals surface area contributed by atoms with Gasteiger partial charge in [-0.05, 0) is 45.2 Å². The number of nitrogens with zero attached hydrogens (tertiary/aromatic N) is 3. The van der Waals surface area contributed by atoms with Crippen LogP contribution in [0.2, 0.25) is 0 Å². The number of piperidine rings is 1. The minimum atomic E-state index is -0.499. The van der Waals surface area contributed by atoms with E-state index in [4.69, 9.17) is 5.73 Å². The van der Waals surface area contributed by atoms with Crippen LogP contribution in [0.4, 0.5) is 10.6 Å². The molecule has 6 heteroatoms. The highest BCUT2D eigenvalue weighted by Gasteiger charge is 2.23. The van der Waals surface area contributed by atoms with E-state index in [-0.39, 0.29) is 0 Å². The Labute approximate surface area is 119 Å². The highest BCUT2D eigenvalue weighted by molar-refractivity contribution is 5.79. The maximum atomic E-state index is 11.6. The first-order valence-corrected chi connectivity index (χ1v) is 7.62. The Bertz CT molecular complexity index is 490. The smallest absolute Gasteiger partial charge is 0.341 e. The van der Waals surface area contributed by atoms with Crippen LogP contribution < -0.4 is 11.1 Å². The Morgan fingerprint density at radius 2 is 2.00 bits per heavy atom. The maximum absolute atomic E-state index is 11.6. The van der Waals surface area contributed by atoms with Gasteiger partial charge in [-0.2, -0.15) is 9.78 Å². The first-order chi connectivity index (χ1) is 9.75. The number of hydrogen-bond donors (Lipinski definition) is 2. The second-order valence-corrected chi connectivity index (χ2v) is 5.74. The number of nitrogens with two attached hydrogens (primary N) is 1. The molecule has 1 aromatic rings. The molecule has 3 rings (SSSR count). The third kappa shape index (κ3) is 2.65. The second-order valence-electron chi connectivity index (χ2n) is 5.74. The molecular weight excluding hydrogens is 254 g/mol. The molecule has 1 aromatic heterocycles. The minimum Gasteiger partial charge on any atom is -0.370 e. The lowest BCUT2D eigenvalue weighted by atomic mass is 10.1. The van der Waals surface area contributed by atoms with Crippen LogP contribution in [0.3, 0.4) is 0 Å². The van der Waals surface area contributed by atoms with Crippen LogP contribution in [0.5, 0.6) is 0 Å². The summed E-state index contributed by atoms with van der Waals surface area (Å²) in [6.07, 6.45) is 7.09. The number of rotatable bonds is 2. The van der Waals surface area contributed by atoms with Gasteiger partial charge in [0.15, 0.2) is 0 Å². The monoisotopic (exact) mass is 277 g/mol. The molecule has 0 unspecified atom stereocenters. The van der Waals surface area contributed by atoms with E-state index in [1.165, 1.54) is 29.5 Å². The number of amides is 1. The van der Waals surface area contributed by atoms with E-state index >= 15 is 0 Å². The number of carbonyl (C=O) groups is 1. The van der Waals surface area contributed by atoms with Crippen molar-refractivity contribution in [2.45, 2.75) is 45.1 Å². The van der Waals surface area contributed by atoms with Gasteiger partial charge in [-0.1, -0.05) is 6.42 Å². The van der Waals surface area contributed by atoms with Gasteiger partial charge in [-0.15, -0.1) is 0 Å². The molecule has 6 nitrogen and oxygen atoms in total. The number of carbonyl (C=O) groups excluding carboxylic acids is 1. The van der Waals surface area contributed by atoms with Crippen molar-refractivity contribution >= 4 is 11.8 Å². The lowest BCUT2D eigenvalue weighted by Crippen LogP contribution is -2.30. The van der Waals surface area contributed by atoms with Crippen molar-refractivity contribution in [3.8, 4) is 0 Å². The van der Waals surface area contributed by atoms with Gasteiger partial charge in [0.05, 0.1) is 5.69 Å². The molecule has 20 heavy (non-hydrogen) atoms. The summed E-state index contributed by atoms with van der Waals surface area (Å²) in [4.78, 5) is 14.0. The summed E-state index contributed by atoms with van der Waals surface area (Å²) in [6, 6.07) is -0.499. The number of fused-ring (bicyclic) bond motifs is 1. The van der Waals surface area contributed by atoms with Gasteiger partial charge >= 0.3 is 6.03 Å². The second kappa shape index (κ2) is 5.83. The summed E-state index contributed by atoms with van der Waals surface area (Å²) in [7, 11) is 0. The molecule has 2 aliphatic heterocycles. The first-order valence-electron chi connectivity index (χ1n) is 7.62. The van der Waals surface area contributed by atoms with Crippen molar-refractivity contribution in [1.82, 2.24) is 14.7 Å². The molecule has 0 aliphatic carbocycles. The zero-order chi connectivity index (χ0) is 13.9. The fourth-order valence-electron chi connectivity index (χ4n) is 3.19. The largest absolute Gasteiger partial charge is 0.370 e. The van der Waals surface area contributed by atoms with E-state index in [0.717, 1.165) is 57.0 Å². The van der Waals surface area contributed by atoms with Crippen LogP contribution in [0.15, 0.2) is 0 Å². The Hall–Kier alpha value is -1.56. The van der Waals surface area contributed by atoms with Crippen molar-refractivity contribution in [1.29, 1.82) is 0 Å². The third-order valence-electron chi connectivity index (χ3n) is 4.24. The molecule has 2 aliphatic rings. The van der Waals surface area contributed by atoms with Crippen LogP contribution in [-0.2, 0) is 13.0 Å².